The van der Waals surface area contributed by atoms with Gasteiger partial charge in [-0.15, -0.1) is 0 Å². The zero-order valence-electron chi connectivity index (χ0n) is 7.56. The summed E-state index contributed by atoms with van der Waals surface area (Å²) in [7, 11) is -2.91. The Kier molecular flexibility index (Phi) is 8.76. The highest BCUT2D eigenvalue weighted by atomic mass is 32.3. The molecule has 0 aromatic carbocycles. The van der Waals surface area contributed by atoms with Crippen LogP contribution < -0.4 is 11.1 Å². The summed E-state index contributed by atoms with van der Waals surface area (Å²) in [5, 5.41) is 2.73. The van der Waals surface area contributed by atoms with Gasteiger partial charge < -0.3 is 11.1 Å². The van der Waals surface area contributed by atoms with Crippen molar-refractivity contribution in [2.24, 2.45) is 10.7 Å². The molecule has 7 nitrogen and oxygen atoms in total. The summed E-state index contributed by atoms with van der Waals surface area (Å²) in [6.45, 7) is 2.87. The van der Waals surface area contributed by atoms with Crippen molar-refractivity contribution in [3.8, 4) is 0 Å². The molecule has 13 heavy (non-hydrogen) atoms. The van der Waals surface area contributed by atoms with E-state index in [-0.39, 0.29) is 0 Å². The second-order valence-corrected chi connectivity index (χ2v) is 2.86. The Bertz CT molecular complexity index is 228. The minimum Gasteiger partial charge on any atom is -0.370 e. The predicted octanol–water partition coefficient (Wildman–Crippen LogP) is -0.722. The van der Waals surface area contributed by atoms with Crippen molar-refractivity contribution in [1.82, 2.24) is 5.32 Å². The fourth-order valence-corrected chi connectivity index (χ4v) is 0.311. The third-order valence-electron chi connectivity index (χ3n) is 0.762. The standard InChI is InChI=1S/C5H13N3.H2O4S/c1-3-4-8-5(6)7-2;1-5(2,3)4/h3-4H2,1-2H3,(H3,6,7,8);(H2,1,2,3,4). The second-order valence-electron chi connectivity index (χ2n) is 1.96. The lowest BCUT2D eigenvalue weighted by Crippen LogP contribution is -2.27. The largest absolute Gasteiger partial charge is 0.394 e. The molecule has 0 unspecified atom stereocenters. The van der Waals surface area contributed by atoms with E-state index in [4.69, 9.17) is 23.3 Å². The van der Waals surface area contributed by atoms with Gasteiger partial charge >= 0.3 is 10.4 Å². The van der Waals surface area contributed by atoms with Crippen LogP contribution in [0.2, 0.25) is 0 Å². The highest BCUT2D eigenvalue weighted by molar-refractivity contribution is 7.79. The molecule has 0 bridgehead atoms. The van der Waals surface area contributed by atoms with E-state index in [1.165, 1.54) is 0 Å². The lowest BCUT2D eigenvalue weighted by molar-refractivity contribution is 0.381. The first-order chi connectivity index (χ1) is 5.81. The lowest BCUT2D eigenvalue weighted by Gasteiger charge is -1.94. The molecular weight excluding hydrogens is 198 g/mol. The van der Waals surface area contributed by atoms with Crippen LogP contribution in [-0.2, 0) is 10.4 Å². The van der Waals surface area contributed by atoms with Crippen molar-refractivity contribution in [2.75, 3.05) is 13.6 Å². The van der Waals surface area contributed by atoms with Crippen LogP contribution in [0.25, 0.3) is 0 Å². The van der Waals surface area contributed by atoms with Gasteiger partial charge in [0.2, 0.25) is 0 Å². The predicted molar refractivity (Wildman–Crippen MR) is 50.0 cm³/mol. The maximum atomic E-state index is 8.74. The van der Waals surface area contributed by atoms with Crippen molar-refractivity contribution in [3.05, 3.63) is 0 Å². The summed E-state index contributed by atoms with van der Waals surface area (Å²) >= 11 is 0. The van der Waals surface area contributed by atoms with Crippen LogP contribution in [0.5, 0.6) is 0 Å². The van der Waals surface area contributed by atoms with Crippen LogP contribution >= 0.6 is 0 Å². The van der Waals surface area contributed by atoms with E-state index in [0.29, 0.717) is 5.96 Å². The molecule has 0 heterocycles. The van der Waals surface area contributed by atoms with E-state index in [0.717, 1.165) is 13.0 Å². The topological polar surface area (TPSA) is 125 Å². The molecule has 0 spiro atoms. The minimum atomic E-state index is -4.67. The van der Waals surface area contributed by atoms with Gasteiger partial charge in [0.05, 0.1) is 0 Å². The van der Waals surface area contributed by atoms with Crippen molar-refractivity contribution in [3.63, 3.8) is 0 Å². The van der Waals surface area contributed by atoms with Crippen LogP contribution in [0.4, 0.5) is 0 Å². The van der Waals surface area contributed by atoms with E-state index in [9.17, 15) is 0 Å². The number of hydrogen-bond acceptors (Lipinski definition) is 3. The first kappa shape index (κ1) is 14.7. The summed E-state index contributed by atoms with van der Waals surface area (Å²) in [6.07, 6.45) is 1.04. The summed E-state index contributed by atoms with van der Waals surface area (Å²) in [6, 6.07) is 0. The Morgan fingerprint density at radius 3 is 2.15 bits per heavy atom. The molecule has 0 aliphatic heterocycles. The smallest absolute Gasteiger partial charge is 0.370 e. The van der Waals surface area contributed by atoms with Gasteiger partial charge in [0, 0.05) is 13.6 Å². The summed E-state index contributed by atoms with van der Waals surface area (Å²) in [5.74, 6) is 0.520. The van der Waals surface area contributed by atoms with Gasteiger partial charge in [-0.2, -0.15) is 8.42 Å². The number of nitrogens with one attached hydrogen (secondary N) is 1. The molecule has 0 aliphatic rings. The Morgan fingerprint density at radius 1 is 1.54 bits per heavy atom. The van der Waals surface area contributed by atoms with Crippen molar-refractivity contribution in [1.29, 1.82) is 0 Å². The van der Waals surface area contributed by atoms with Gasteiger partial charge in [0.25, 0.3) is 0 Å². The first-order valence-corrected chi connectivity index (χ1v) is 4.88. The van der Waals surface area contributed by atoms with Gasteiger partial charge in [0.1, 0.15) is 0 Å². The molecule has 0 saturated carbocycles. The van der Waals surface area contributed by atoms with Crippen LogP contribution in [0.15, 0.2) is 4.99 Å². The molecule has 80 valence electrons. The Morgan fingerprint density at radius 2 is 1.92 bits per heavy atom. The van der Waals surface area contributed by atoms with Gasteiger partial charge in [-0.1, -0.05) is 6.92 Å². The van der Waals surface area contributed by atoms with Crippen LogP contribution in [0.1, 0.15) is 13.3 Å². The molecule has 0 atom stereocenters. The molecule has 0 aromatic rings. The normalized spacial score (nSPS) is 11.5. The van der Waals surface area contributed by atoms with Gasteiger partial charge in [-0.25, -0.2) is 0 Å². The van der Waals surface area contributed by atoms with E-state index >= 15 is 0 Å². The summed E-state index contributed by atoms with van der Waals surface area (Å²) in [5.41, 5.74) is 5.30. The fraction of sp³-hybridized carbons (Fsp3) is 0.800. The second kappa shape index (κ2) is 7.77. The molecular formula is C5H15N3O4S. The molecule has 0 saturated heterocycles. The number of rotatable bonds is 2. The third-order valence-corrected chi connectivity index (χ3v) is 0.762. The molecule has 0 amide bonds. The van der Waals surface area contributed by atoms with Crippen molar-refractivity contribution in [2.45, 2.75) is 13.3 Å². The molecule has 0 fully saturated rings. The molecule has 8 heteroatoms. The van der Waals surface area contributed by atoms with E-state index in [1.807, 2.05) is 0 Å². The SMILES string of the molecule is CCC/N=C(/N)NC.O=S(=O)(O)O. The quantitative estimate of drug-likeness (QED) is 0.272. The van der Waals surface area contributed by atoms with Crippen LogP contribution in [0.3, 0.4) is 0 Å². The average molecular weight is 213 g/mol. The highest BCUT2D eigenvalue weighted by Crippen LogP contribution is 1.74. The number of guanidine groups is 1. The number of nitrogens with two attached hydrogens (primary N) is 1. The minimum absolute atomic E-state index is 0.520. The molecule has 0 radical (unpaired) electrons. The van der Waals surface area contributed by atoms with Gasteiger partial charge in [-0.3, -0.25) is 14.1 Å². The van der Waals surface area contributed by atoms with Crippen LogP contribution in [-0.4, -0.2) is 37.1 Å². The first-order valence-electron chi connectivity index (χ1n) is 3.48. The van der Waals surface area contributed by atoms with Crippen molar-refractivity contribution < 1.29 is 17.5 Å². The fourth-order valence-electron chi connectivity index (χ4n) is 0.311. The summed E-state index contributed by atoms with van der Waals surface area (Å²) in [4.78, 5) is 3.94. The molecule has 0 aromatic heterocycles. The van der Waals surface area contributed by atoms with E-state index < -0.39 is 10.4 Å². The van der Waals surface area contributed by atoms with Gasteiger partial charge in [0.15, 0.2) is 5.96 Å². The Balaban J connectivity index is 0. The summed E-state index contributed by atoms with van der Waals surface area (Å²) < 4.78 is 31.6. The Hall–Kier alpha value is -0.860. The number of nitrogens with zero attached hydrogens (tertiary/aromatic N) is 1. The van der Waals surface area contributed by atoms with Crippen LogP contribution in [0, 0.1) is 0 Å². The van der Waals surface area contributed by atoms with Crippen molar-refractivity contribution >= 4 is 16.4 Å². The lowest BCUT2D eigenvalue weighted by atomic mass is 10.5. The zero-order chi connectivity index (χ0) is 10.9. The Labute approximate surface area is 77.6 Å². The molecule has 5 N–H and O–H groups in total. The van der Waals surface area contributed by atoms with Gasteiger partial charge in [-0.05, 0) is 6.42 Å². The number of aliphatic imine (C=N–C) groups is 1. The average Bonchev–Trinajstić information content (AvgIpc) is 1.97. The molecule has 0 aliphatic carbocycles. The maximum absolute atomic E-state index is 8.74. The highest BCUT2D eigenvalue weighted by Gasteiger charge is 1.84. The monoisotopic (exact) mass is 213 g/mol. The third kappa shape index (κ3) is 35.2. The molecule has 0 rings (SSSR count). The van der Waals surface area contributed by atoms with E-state index in [2.05, 4.69) is 17.2 Å². The zero-order valence-corrected chi connectivity index (χ0v) is 8.37. The number of hydrogen-bond donors (Lipinski definition) is 4. The maximum Gasteiger partial charge on any atom is 0.394 e. The van der Waals surface area contributed by atoms with E-state index in [1.54, 1.807) is 7.05 Å².